The Hall–Kier alpha value is -0.540. The van der Waals surface area contributed by atoms with Crippen LogP contribution in [0.3, 0.4) is 0 Å². The van der Waals surface area contributed by atoms with E-state index in [2.05, 4.69) is 0 Å². The number of aryl methyl sites for hydroxylation is 1. The number of hydrogen-bond donors (Lipinski definition) is 1. The fourth-order valence-electron chi connectivity index (χ4n) is 0.736. The molecule has 0 aliphatic rings. The van der Waals surface area contributed by atoms with Gasteiger partial charge in [-0.15, -0.1) is 11.3 Å². The van der Waals surface area contributed by atoms with Gasteiger partial charge in [-0.2, -0.15) is 0 Å². The molecule has 0 amide bonds. The van der Waals surface area contributed by atoms with Gasteiger partial charge in [-0.1, -0.05) is 18.5 Å². The average Bonchev–Trinajstić information content (AvgIpc) is 2.30. The Balaban J connectivity index is 3.07. The van der Waals surface area contributed by atoms with Crippen LogP contribution in [-0.4, -0.2) is 11.1 Å². The molecule has 0 saturated heterocycles. The van der Waals surface area contributed by atoms with Crippen LogP contribution in [0.15, 0.2) is 6.07 Å². The van der Waals surface area contributed by atoms with Crippen LogP contribution in [0.25, 0.3) is 0 Å². The molecule has 1 heterocycles. The van der Waals surface area contributed by atoms with Gasteiger partial charge < -0.3 is 5.11 Å². The summed E-state index contributed by atoms with van der Waals surface area (Å²) < 4.78 is 0. The zero-order valence-corrected chi connectivity index (χ0v) is 7.50. The SMILES string of the molecule is CCc1cc(Cl)c(C(=O)O)s1. The largest absolute Gasteiger partial charge is 0.477 e. The number of aromatic carboxylic acids is 1. The van der Waals surface area contributed by atoms with E-state index in [1.54, 1.807) is 6.07 Å². The molecule has 0 aliphatic heterocycles. The number of thiophene rings is 1. The van der Waals surface area contributed by atoms with Crippen LogP contribution >= 0.6 is 22.9 Å². The Morgan fingerprint density at radius 1 is 1.82 bits per heavy atom. The molecule has 0 fully saturated rings. The summed E-state index contributed by atoms with van der Waals surface area (Å²) in [6.45, 7) is 1.97. The first kappa shape index (κ1) is 8.56. The number of carbonyl (C=O) groups is 1. The highest BCUT2D eigenvalue weighted by atomic mass is 35.5. The fraction of sp³-hybridized carbons (Fsp3) is 0.286. The van der Waals surface area contributed by atoms with Crippen LogP contribution in [0, 0.1) is 0 Å². The second-order valence-electron chi connectivity index (χ2n) is 2.05. The van der Waals surface area contributed by atoms with Gasteiger partial charge in [-0.25, -0.2) is 4.79 Å². The van der Waals surface area contributed by atoms with Gasteiger partial charge in [0.15, 0.2) is 0 Å². The Morgan fingerprint density at radius 3 is 2.73 bits per heavy atom. The molecule has 4 heteroatoms. The molecule has 0 aromatic carbocycles. The van der Waals surface area contributed by atoms with E-state index in [-0.39, 0.29) is 4.88 Å². The smallest absolute Gasteiger partial charge is 0.347 e. The van der Waals surface area contributed by atoms with Gasteiger partial charge in [0, 0.05) is 4.88 Å². The van der Waals surface area contributed by atoms with E-state index in [0.29, 0.717) is 5.02 Å². The van der Waals surface area contributed by atoms with Crippen molar-refractivity contribution in [3.8, 4) is 0 Å². The fourth-order valence-corrected chi connectivity index (χ4v) is 1.96. The maximum Gasteiger partial charge on any atom is 0.347 e. The lowest BCUT2D eigenvalue weighted by molar-refractivity contribution is 0.0702. The average molecular weight is 191 g/mol. The van der Waals surface area contributed by atoms with Crippen molar-refractivity contribution in [1.29, 1.82) is 0 Å². The Morgan fingerprint density at radius 2 is 2.45 bits per heavy atom. The summed E-state index contributed by atoms with van der Waals surface area (Å²) in [6.07, 6.45) is 0.831. The molecule has 0 spiro atoms. The lowest BCUT2D eigenvalue weighted by atomic mass is 10.4. The van der Waals surface area contributed by atoms with Crippen molar-refractivity contribution >= 4 is 28.9 Å². The molecular formula is C7H7ClO2S. The third kappa shape index (κ3) is 1.73. The molecule has 0 bridgehead atoms. The lowest BCUT2D eigenvalue weighted by Gasteiger charge is -1.85. The van der Waals surface area contributed by atoms with Crippen molar-refractivity contribution in [2.75, 3.05) is 0 Å². The molecule has 2 nitrogen and oxygen atoms in total. The maximum atomic E-state index is 10.5. The number of carboxylic acids is 1. The maximum absolute atomic E-state index is 10.5. The Labute approximate surface area is 73.4 Å². The molecule has 0 unspecified atom stereocenters. The van der Waals surface area contributed by atoms with Gasteiger partial charge in [0.2, 0.25) is 0 Å². The Kier molecular flexibility index (Phi) is 2.52. The molecular weight excluding hydrogens is 184 g/mol. The molecule has 0 saturated carbocycles. The normalized spacial score (nSPS) is 10.0. The second kappa shape index (κ2) is 3.24. The zero-order valence-electron chi connectivity index (χ0n) is 5.93. The number of carboxylic acid groups (broad SMARTS) is 1. The standard InChI is InChI=1S/C7H7ClO2S/c1-2-4-3-5(8)6(11-4)7(9)10/h3H,2H2,1H3,(H,9,10). The van der Waals surface area contributed by atoms with Gasteiger partial charge in [-0.05, 0) is 12.5 Å². The van der Waals surface area contributed by atoms with Gasteiger partial charge >= 0.3 is 5.97 Å². The van der Waals surface area contributed by atoms with Crippen molar-refractivity contribution in [3.63, 3.8) is 0 Å². The van der Waals surface area contributed by atoms with Crippen LogP contribution in [0.5, 0.6) is 0 Å². The minimum Gasteiger partial charge on any atom is -0.477 e. The quantitative estimate of drug-likeness (QED) is 0.779. The van der Waals surface area contributed by atoms with Crippen LogP contribution in [0.2, 0.25) is 5.02 Å². The first-order chi connectivity index (χ1) is 5.15. The van der Waals surface area contributed by atoms with Crippen molar-refractivity contribution in [2.24, 2.45) is 0 Å². The van der Waals surface area contributed by atoms with Crippen LogP contribution in [-0.2, 0) is 6.42 Å². The van der Waals surface area contributed by atoms with Crippen LogP contribution < -0.4 is 0 Å². The second-order valence-corrected chi connectivity index (χ2v) is 3.59. The van der Waals surface area contributed by atoms with Gasteiger partial charge in [0.05, 0.1) is 5.02 Å². The number of rotatable bonds is 2. The molecule has 1 rings (SSSR count). The predicted octanol–water partition coefficient (Wildman–Crippen LogP) is 2.66. The summed E-state index contributed by atoms with van der Waals surface area (Å²) in [5.41, 5.74) is 0. The summed E-state index contributed by atoms with van der Waals surface area (Å²) in [6, 6.07) is 1.70. The third-order valence-corrected chi connectivity index (χ3v) is 2.96. The van der Waals surface area contributed by atoms with E-state index in [0.717, 1.165) is 11.3 Å². The molecule has 0 radical (unpaired) electrons. The van der Waals surface area contributed by atoms with Crippen LogP contribution in [0.4, 0.5) is 0 Å². The summed E-state index contributed by atoms with van der Waals surface area (Å²) in [7, 11) is 0. The van der Waals surface area contributed by atoms with Gasteiger partial charge in [-0.3, -0.25) is 0 Å². The van der Waals surface area contributed by atoms with E-state index in [4.69, 9.17) is 16.7 Å². The number of halogens is 1. The van der Waals surface area contributed by atoms with E-state index in [1.807, 2.05) is 6.92 Å². The third-order valence-electron chi connectivity index (χ3n) is 1.28. The molecule has 0 aliphatic carbocycles. The first-order valence-corrected chi connectivity index (χ1v) is 4.36. The Bertz CT molecular complexity index is 280. The van der Waals surface area contributed by atoms with Gasteiger partial charge in [0.25, 0.3) is 0 Å². The van der Waals surface area contributed by atoms with Crippen molar-refractivity contribution in [2.45, 2.75) is 13.3 Å². The molecule has 0 atom stereocenters. The van der Waals surface area contributed by atoms with E-state index >= 15 is 0 Å². The van der Waals surface area contributed by atoms with Crippen LogP contribution in [0.1, 0.15) is 21.5 Å². The predicted molar refractivity (Wildman–Crippen MR) is 45.7 cm³/mol. The minimum atomic E-state index is -0.945. The molecule has 1 aromatic heterocycles. The highest BCUT2D eigenvalue weighted by Gasteiger charge is 2.12. The van der Waals surface area contributed by atoms with Crippen molar-refractivity contribution in [3.05, 3.63) is 20.8 Å². The summed E-state index contributed by atoms with van der Waals surface area (Å²) in [4.78, 5) is 11.7. The molecule has 1 N–H and O–H groups in total. The minimum absolute atomic E-state index is 0.239. The molecule has 11 heavy (non-hydrogen) atoms. The van der Waals surface area contributed by atoms with Crippen molar-refractivity contribution < 1.29 is 9.90 Å². The highest BCUT2D eigenvalue weighted by Crippen LogP contribution is 2.26. The summed E-state index contributed by atoms with van der Waals surface area (Å²) in [5.74, 6) is -0.945. The number of hydrogen-bond acceptors (Lipinski definition) is 2. The topological polar surface area (TPSA) is 37.3 Å². The van der Waals surface area contributed by atoms with E-state index in [1.165, 1.54) is 11.3 Å². The van der Waals surface area contributed by atoms with E-state index < -0.39 is 5.97 Å². The van der Waals surface area contributed by atoms with Gasteiger partial charge in [0.1, 0.15) is 4.88 Å². The monoisotopic (exact) mass is 190 g/mol. The highest BCUT2D eigenvalue weighted by molar-refractivity contribution is 7.14. The summed E-state index contributed by atoms with van der Waals surface area (Å²) >= 11 is 6.88. The van der Waals surface area contributed by atoms with E-state index in [9.17, 15) is 4.79 Å². The zero-order chi connectivity index (χ0) is 8.43. The van der Waals surface area contributed by atoms with Crippen molar-refractivity contribution in [1.82, 2.24) is 0 Å². The molecule has 1 aromatic rings. The lowest BCUT2D eigenvalue weighted by Crippen LogP contribution is -1.91. The summed E-state index contributed by atoms with van der Waals surface area (Å²) in [5, 5.41) is 8.95. The molecule has 60 valence electrons. The first-order valence-electron chi connectivity index (χ1n) is 3.16.